The molecule has 4 rings (SSSR count). The third kappa shape index (κ3) is 4.84. The van der Waals surface area contributed by atoms with Crippen molar-refractivity contribution in [2.75, 3.05) is 6.54 Å². The molecule has 1 saturated heterocycles. The summed E-state index contributed by atoms with van der Waals surface area (Å²) in [5.74, 6) is 1.64. The lowest BCUT2D eigenvalue weighted by molar-refractivity contribution is -0.250. The fourth-order valence-corrected chi connectivity index (χ4v) is 4.08. The van der Waals surface area contributed by atoms with Crippen LogP contribution in [0, 0.1) is 0 Å². The summed E-state index contributed by atoms with van der Waals surface area (Å²) in [5.41, 5.74) is 0.867. The molecule has 3 heterocycles. The minimum Gasteiger partial charge on any atom is -0.374 e. The van der Waals surface area contributed by atoms with Crippen LogP contribution in [0.3, 0.4) is 0 Å². The number of aliphatic imine (C=N–C) groups is 1. The summed E-state index contributed by atoms with van der Waals surface area (Å²) in [7, 11) is 0. The average molecular weight is 429 g/mol. The molecule has 7 nitrogen and oxygen atoms in total. The lowest BCUT2D eigenvalue weighted by Crippen LogP contribution is -2.36. The van der Waals surface area contributed by atoms with Crippen molar-refractivity contribution in [3.05, 3.63) is 29.0 Å². The van der Waals surface area contributed by atoms with Crippen molar-refractivity contribution in [3.63, 3.8) is 0 Å². The molecule has 1 fully saturated rings. The van der Waals surface area contributed by atoms with E-state index in [0.29, 0.717) is 61.8 Å². The van der Waals surface area contributed by atoms with E-state index in [9.17, 15) is 13.9 Å². The van der Waals surface area contributed by atoms with E-state index in [-0.39, 0.29) is 5.92 Å². The van der Waals surface area contributed by atoms with Gasteiger partial charge >= 0.3 is 6.11 Å². The maximum absolute atomic E-state index is 13.0. The largest absolute Gasteiger partial charge is 0.374 e. The summed E-state index contributed by atoms with van der Waals surface area (Å²) in [4.78, 5) is 10.7. The summed E-state index contributed by atoms with van der Waals surface area (Å²) in [5, 5.41) is 15.2. The monoisotopic (exact) mass is 428 g/mol. The zero-order chi connectivity index (χ0) is 20.6. The smallest absolute Gasteiger partial charge is 0.353 e. The zero-order valence-corrected chi connectivity index (χ0v) is 16.8. The van der Waals surface area contributed by atoms with Crippen LogP contribution in [0.2, 0.25) is 0 Å². The van der Waals surface area contributed by atoms with E-state index in [1.165, 1.54) is 0 Å². The van der Waals surface area contributed by atoms with Gasteiger partial charge < -0.3 is 19.3 Å². The van der Waals surface area contributed by atoms with Gasteiger partial charge in [-0.2, -0.15) is 13.8 Å². The number of halogens is 3. The summed E-state index contributed by atoms with van der Waals surface area (Å²) >= 11 is 5.96. The van der Waals surface area contributed by atoms with Gasteiger partial charge in [-0.15, -0.1) is 0 Å². The Kier molecular flexibility index (Phi) is 5.72. The predicted octanol–water partition coefficient (Wildman–Crippen LogP) is 4.02. The first-order chi connectivity index (χ1) is 13.8. The number of likely N-dealkylation sites (tertiary alicyclic amines) is 1. The van der Waals surface area contributed by atoms with Gasteiger partial charge in [0.25, 0.3) is 0 Å². The first-order valence-electron chi connectivity index (χ1n) is 9.73. The maximum Gasteiger partial charge on any atom is 0.353 e. The second-order valence-electron chi connectivity index (χ2n) is 7.69. The van der Waals surface area contributed by atoms with Gasteiger partial charge in [0.15, 0.2) is 5.82 Å². The van der Waals surface area contributed by atoms with Crippen molar-refractivity contribution in [1.29, 1.82) is 0 Å². The van der Waals surface area contributed by atoms with Crippen LogP contribution in [0.5, 0.6) is 0 Å². The van der Waals surface area contributed by atoms with Gasteiger partial charge in [-0.3, -0.25) is 0 Å². The number of hydrogen-bond donors (Lipinski definition) is 1. The predicted molar refractivity (Wildman–Crippen MR) is 102 cm³/mol. The molecule has 1 N–H and O–H groups in total. The number of aliphatic hydroxyl groups is 1. The highest BCUT2D eigenvalue weighted by molar-refractivity contribution is 6.29. The van der Waals surface area contributed by atoms with Crippen LogP contribution in [-0.4, -0.2) is 51.0 Å². The SMILES string of the molecule is CC(F)(F)OC1CC=C(c2noc(C3CC(O)N(C4=NC=C(Cl)CC4)C3)n2)CC1. The normalized spacial score (nSPS) is 28.2. The molecule has 0 bridgehead atoms. The summed E-state index contributed by atoms with van der Waals surface area (Å²) in [6.45, 7) is 1.29. The second-order valence-corrected chi connectivity index (χ2v) is 8.18. The number of alkyl halides is 2. The molecule has 1 aromatic heterocycles. The van der Waals surface area contributed by atoms with Crippen molar-refractivity contribution in [2.24, 2.45) is 4.99 Å². The number of nitrogens with zero attached hydrogens (tertiary/aromatic N) is 4. The maximum atomic E-state index is 13.0. The van der Waals surface area contributed by atoms with Crippen LogP contribution in [0.25, 0.3) is 5.57 Å². The Bertz CT molecular complexity index is 849. The number of hydrogen-bond acceptors (Lipinski definition) is 7. The molecule has 29 heavy (non-hydrogen) atoms. The molecular weight excluding hydrogens is 406 g/mol. The minimum absolute atomic E-state index is 0.102. The van der Waals surface area contributed by atoms with Gasteiger partial charge in [0.05, 0.1) is 12.0 Å². The summed E-state index contributed by atoms with van der Waals surface area (Å²) in [6, 6.07) is 0. The zero-order valence-electron chi connectivity index (χ0n) is 16.0. The Morgan fingerprint density at radius 2 is 2.17 bits per heavy atom. The van der Waals surface area contributed by atoms with Crippen LogP contribution in [-0.2, 0) is 4.74 Å². The molecule has 158 valence electrons. The summed E-state index contributed by atoms with van der Waals surface area (Å²) < 4.78 is 36.2. The molecule has 0 saturated carbocycles. The average Bonchev–Trinajstić information content (AvgIpc) is 3.29. The molecule has 0 aromatic carbocycles. The summed E-state index contributed by atoms with van der Waals surface area (Å²) in [6.07, 6.45) is 2.41. The molecule has 10 heteroatoms. The number of allylic oxidation sites excluding steroid dienone is 2. The Hall–Kier alpha value is -1.84. The fourth-order valence-electron chi connectivity index (χ4n) is 3.94. The van der Waals surface area contributed by atoms with Crippen LogP contribution >= 0.6 is 11.6 Å². The molecule has 3 atom stereocenters. The van der Waals surface area contributed by atoms with E-state index in [2.05, 4.69) is 15.1 Å². The lowest BCUT2D eigenvalue weighted by Gasteiger charge is -2.25. The molecule has 0 amide bonds. The van der Waals surface area contributed by atoms with Gasteiger partial charge in [-0.05, 0) is 31.3 Å². The Labute approximate surface area is 172 Å². The van der Waals surface area contributed by atoms with E-state index in [4.69, 9.17) is 20.9 Å². The molecular formula is C19H23ClF2N4O3. The third-order valence-electron chi connectivity index (χ3n) is 5.36. The topological polar surface area (TPSA) is 84.0 Å². The number of ether oxygens (including phenoxy) is 1. The number of aliphatic hydroxyl groups excluding tert-OH is 1. The molecule has 3 unspecified atom stereocenters. The van der Waals surface area contributed by atoms with Crippen LogP contribution < -0.4 is 0 Å². The first-order valence-corrected chi connectivity index (χ1v) is 10.1. The van der Waals surface area contributed by atoms with Crippen molar-refractivity contribution in [3.8, 4) is 0 Å². The Morgan fingerprint density at radius 3 is 2.83 bits per heavy atom. The molecule has 0 spiro atoms. The van der Waals surface area contributed by atoms with Gasteiger partial charge in [0.1, 0.15) is 12.1 Å². The van der Waals surface area contributed by atoms with Gasteiger partial charge in [-0.1, -0.05) is 22.8 Å². The van der Waals surface area contributed by atoms with Gasteiger partial charge in [-0.25, -0.2) is 4.99 Å². The van der Waals surface area contributed by atoms with Crippen molar-refractivity contribution >= 4 is 23.0 Å². The van der Waals surface area contributed by atoms with E-state index < -0.39 is 18.4 Å². The second kappa shape index (κ2) is 8.12. The van der Waals surface area contributed by atoms with E-state index in [1.807, 2.05) is 11.0 Å². The highest BCUT2D eigenvalue weighted by Gasteiger charge is 2.37. The molecule has 0 radical (unpaired) electrons. The van der Waals surface area contributed by atoms with Crippen LogP contribution in [0.4, 0.5) is 8.78 Å². The first kappa shape index (κ1) is 20.4. The Morgan fingerprint density at radius 1 is 1.34 bits per heavy atom. The minimum atomic E-state index is -3.13. The standard InChI is InChI=1S/C19H23ClF2N4O3/c1-19(21,22)28-14-5-2-11(3-6-14)17-24-18(29-25-17)12-8-16(27)26(10-12)15-7-4-13(20)9-23-15/h2,9,12,14,16,27H,3-8,10H2,1H3. The quantitative estimate of drug-likeness (QED) is 0.779. The molecule has 3 aliphatic rings. The van der Waals surface area contributed by atoms with Gasteiger partial charge in [0.2, 0.25) is 5.89 Å². The number of aromatic nitrogens is 2. The molecule has 1 aliphatic carbocycles. The van der Waals surface area contributed by atoms with Crippen molar-refractivity contribution in [2.45, 2.75) is 69.8 Å². The van der Waals surface area contributed by atoms with Crippen LogP contribution in [0.15, 0.2) is 26.8 Å². The van der Waals surface area contributed by atoms with Crippen molar-refractivity contribution < 1.29 is 23.1 Å². The van der Waals surface area contributed by atoms with Gasteiger partial charge in [0, 0.05) is 37.5 Å². The molecule has 2 aliphatic heterocycles. The number of amidine groups is 1. The lowest BCUT2D eigenvalue weighted by atomic mass is 9.96. The van der Waals surface area contributed by atoms with E-state index in [0.717, 1.165) is 18.3 Å². The van der Waals surface area contributed by atoms with E-state index >= 15 is 0 Å². The molecule has 1 aromatic rings. The van der Waals surface area contributed by atoms with Crippen molar-refractivity contribution in [1.82, 2.24) is 15.0 Å². The fraction of sp³-hybridized carbons (Fsp3) is 0.632. The Balaban J connectivity index is 1.40. The number of rotatable bonds is 4. The van der Waals surface area contributed by atoms with E-state index in [1.54, 1.807) is 6.20 Å². The van der Waals surface area contributed by atoms with Crippen LogP contribution in [0.1, 0.15) is 63.1 Å². The highest BCUT2D eigenvalue weighted by Crippen LogP contribution is 2.34. The highest BCUT2D eigenvalue weighted by atomic mass is 35.5. The third-order valence-corrected chi connectivity index (χ3v) is 5.65.